The summed E-state index contributed by atoms with van der Waals surface area (Å²) in [5.74, 6) is 1.31. The second kappa shape index (κ2) is 9.86. The molecule has 13 heavy (non-hydrogen) atoms. The zero-order chi connectivity index (χ0) is 9.94. The van der Waals surface area contributed by atoms with Crippen LogP contribution < -0.4 is 11.1 Å². The topological polar surface area (TPSA) is 55.1 Å². The van der Waals surface area contributed by atoms with E-state index in [1.165, 1.54) is 0 Å². The van der Waals surface area contributed by atoms with Crippen LogP contribution in [0.5, 0.6) is 0 Å². The van der Waals surface area contributed by atoms with Gasteiger partial charge in [-0.15, -0.1) is 0 Å². The summed E-state index contributed by atoms with van der Waals surface area (Å²) in [7, 11) is 0. The van der Waals surface area contributed by atoms with E-state index < -0.39 is 0 Å². The number of carbonyl (C=O) groups is 1. The minimum atomic E-state index is 0.162. The molecule has 0 aromatic rings. The molecule has 78 valence electrons. The van der Waals surface area contributed by atoms with Gasteiger partial charge in [0.25, 0.3) is 0 Å². The third-order valence-corrected chi connectivity index (χ3v) is 2.40. The number of rotatable bonds is 8. The van der Waals surface area contributed by atoms with Gasteiger partial charge in [-0.25, -0.2) is 0 Å². The monoisotopic (exact) mass is 204 g/mol. The van der Waals surface area contributed by atoms with Crippen LogP contribution in [-0.2, 0) is 4.79 Å². The standard InChI is InChI=1S/C9H20N2OS/c1-13-8-3-2-5-9(12)11-7-4-6-10/h2-8,10H2,1H3,(H,11,12). The fraction of sp³-hybridized carbons (Fsp3) is 0.889. The molecule has 0 heterocycles. The van der Waals surface area contributed by atoms with Crippen LogP contribution in [0.2, 0.25) is 0 Å². The molecule has 0 saturated carbocycles. The van der Waals surface area contributed by atoms with Crippen molar-refractivity contribution in [3.05, 3.63) is 0 Å². The van der Waals surface area contributed by atoms with Crippen LogP contribution in [0.1, 0.15) is 25.7 Å². The fourth-order valence-corrected chi connectivity index (χ4v) is 1.44. The molecule has 0 bridgehead atoms. The average molecular weight is 204 g/mol. The number of nitrogens with two attached hydrogens (primary N) is 1. The Hall–Kier alpha value is -0.220. The fourth-order valence-electron chi connectivity index (χ4n) is 0.950. The van der Waals surface area contributed by atoms with Crippen LogP contribution in [-0.4, -0.2) is 31.0 Å². The predicted molar refractivity (Wildman–Crippen MR) is 58.9 cm³/mol. The highest BCUT2D eigenvalue weighted by Crippen LogP contribution is 2.01. The van der Waals surface area contributed by atoms with E-state index >= 15 is 0 Å². The molecular weight excluding hydrogens is 184 g/mol. The molecule has 3 nitrogen and oxygen atoms in total. The maximum atomic E-state index is 11.1. The highest BCUT2D eigenvalue weighted by molar-refractivity contribution is 7.98. The van der Waals surface area contributed by atoms with E-state index in [4.69, 9.17) is 5.73 Å². The van der Waals surface area contributed by atoms with Gasteiger partial charge in [-0.3, -0.25) is 4.79 Å². The summed E-state index contributed by atoms with van der Waals surface area (Å²) in [6, 6.07) is 0. The summed E-state index contributed by atoms with van der Waals surface area (Å²) in [6.07, 6.45) is 5.74. The molecule has 4 heteroatoms. The molecule has 0 aromatic heterocycles. The SMILES string of the molecule is CSCCCCC(=O)NCCCN. The van der Waals surface area contributed by atoms with E-state index in [-0.39, 0.29) is 5.91 Å². The number of unbranched alkanes of at least 4 members (excludes halogenated alkanes) is 1. The Morgan fingerprint density at radius 2 is 2.15 bits per heavy atom. The molecule has 3 N–H and O–H groups in total. The maximum absolute atomic E-state index is 11.1. The Labute approximate surface area is 84.8 Å². The smallest absolute Gasteiger partial charge is 0.219 e. The number of thioether (sulfide) groups is 1. The lowest BCUT2D eigenvalue weighted by atomic mass is 10.2. The summed E-state index contributed by atoms with van der Waals surface area (Å²) >= 11 is 1.83. The number of hydrogen-bond donors (Lipinski definition) is 2. The molecule has 0 aliphatic heterocycles. The van der Waals surface area contributed by atoms with Crippen molar-refractivity contribution in [1.29, 1.82) is 0 Å². The van der Waals surface area contributed by atoms with E-state index in [2.05, 4.69) is 11.6 Å². The first-order valence-corrected chi connectivity index (χ1v) is 6.16. The van der Waals surface area contributed by atoms with Gasteiger partial charge < -0.3 is 11.1 Å². The highest BCUT2D eigenvalue weighted by Gasteiger charge is 1.98. The molecule has 0 aliphatic rings. The first-order chi connectivity index (χ1) is 6.31. The van der Waals surface area contributed by atoms with Gasteiger partial charge in [0, 0.05) is 13.0 Å². The van der Waals surface area contributed by atoms with Crippen molar-refractivity contribution in [2.24, 2.45) is 5.73 Å². The first kappa shape index (κ1) is 12.8. The third-order valence-electron chi connectivity index (χ3n) is 1.71. The van der Waals surface area contributed by atoms with Crippen LogP contribution >= 0.6 is 11.8 Å². The van der Waals surface area contributed by atoms with Crippen molar-refractivity contribution in [3.63, 3.8) is 0 Å². The van der Waals surface area contributed by atoms with Crippen LogP contribution in [0.15, 0.2) is 0 Å². The van der Waals surface area contributed by atoms with E-state index in [9.17, 15) is 4.79 Å². The zero-order valence-electron chi connectivity index (χ0n) is 8.34. The Balaban J connectivity index is 3.11. The first-order valence-electron chi connectivity index (χ1n) is 4.77. The van der Waals surface area contributed by atoms with Gasteiger partial charge in [0.1, 0.15) is 0 Å². The lowest BCUT2D eigenvalue weighted by Gasteiger charge is -2.03. The van der Waals surface area contributed by atoms with Crippen LogP contribution in [0, 0.1) is 0 Å². The number of nitrogens with one attached hydrogen (secondary N) is 1. The van der Waals surface area contributed by atoms with Crippen LogP contribution in [0.4, 0.5) is 0 Å². The summed E-state index contributed by atoms with van der Waals surface area (Å²) in [6.45, 7) is 1.37. The lowest BCUT2D eigenvalue weighted by molar-refractivity contribution is -0.121. The quantitative estimate of drug-likeness (QED) is 0.580. The zero-order valence-corrected chi connectivity index (χ0v) is 9.16. The van der Waals surface area contributed by atoms with Gasteiger partial charge in [-0.05, 0) is 37.8 Å². The number of carbonyl (C=O) groups excluding carboxylic acids is 1. The second-order valence-corrected chi connectivity index (χ2v) is 3.93. The Morgan fingerprint density at radius 3 is 2.77 bits per heavy atom. The van der Waals surface area contributed by atoms with E-state index in [0.29, 0.717) is 13.0 Å². The van der Waals surface area contributed by atoms with Crippen molar-refractivity contribution in [2.45, 2.75) is 25.7 Å². The van der Waals surface area contributed by atoms with Gasteiger partial charge in [-0.1, -0.05) is 0 Å². The Bertz CT molecular complexity index is 131. The molecule has 0 aromatic carbocycles. The van der Waals surface area contributed by atoms with Crippen LogP contribution in [0.25, 0.3) is 0 Å². The van der Waals surface area contributed by atoms with Crippen molar-refractivity contribution in [2.75, 3.05) is 25.1 Å². The molecule has 1 amide bonds. The third kappa shape index (κ3) is 9.70. The van der Waals surface area contributed by atoms with Gasteiger partial charge in [0.15, 0.2) is 0 Å². The van der Waals surface area contributed by atoms with Gasteiger partial charge >= 0.3 is 0 Å². The Kier molecular flexibility index (Phi) is 9.70. The predicted octanol–water partition coefficient (Wildman–Crippen LogP) is 0.985. The molecule has 0 spiro atoms. The number of hydrogen-bond acceptors (Lipinski definition) is 3. The normalized spacial score (nSPS) is 10.0. The summed E-state index contributed by atoms with van der Waals surface area (Å²) in [5.41, 5.74) is 5.30. The van der Waals surface area contributed by atoms with E-state index in [1.54, 1.807) is 0 Å². The minimum absolute atomic E-state index is 0.162. The van der Waals surface area contributed by atoms with Gasteiger partial charge in [-0.2, -0.15) is 11.8 Å². The number of amides is 1. The largest absolute Gasteiger partial charge is 0.356 e. The molecule has 0 aliphatic carbocycles. The molecule has 0 unspecified atom stereocenters. The van der Waals surface area contributed by atoms with Gasteiger partial charge in [0.05, 0.1) is 0 Å². The van der Waals surface area contributed by atoms with E-state index in [1.807, 2.05) is 11.8 Å². The van der Waals surface area contributed by atoms with Crippen molar-refractivity contribution < 1.29 is 4.79 Å². The Morgan fingerprint density at radius 1 is 1.38 bits per heavy atom. The molecule has 0 atom stereocenters. The van der Waals surface area contributed by atoms with Crippen molar-refractivity contribution >= 4 is 17.7 Å². The lowest BCUT2D eigenvalue weighted by Crippen LogP contribution is -2.25. The summed E-state index contributed by atoms with van der Waals surface area (Å²) in [4.78, 5) is 11.1. The summed E-state index contributed by atoms with van der Waals surface area (Å²) in [5, 5.41) is 2.83. The van der Waals surface area contributed by atoms with Crippen molar-refractivity contribution in [1.82, 2.24) is 5.32 Å². The van der Waals surface area contributed by atoms with Crippen LogP contribution in [0.3, 0.4) is 0 Å². The molecule has 0 radical (unpaired) electrons. The molecular formula is C9H20N2OS. The second-order valence-electron chi connectivity index (χ2n) is 2.94. The molecule has 0 fully saturated rings. The molecule has 0 saturated heterocycles. The van der Waals surface area contributed by atoms with Gasteiger partial charge in [0.2, 0.25) is 5.91 Å². The highest BCUT2D eigenvalue weighted by atomic mass is 32.2. The maximum Gasteiger partial charge on any atom is 0.219 e. The van der Waals surface area contributed by atoms with E-state index in [0.717, 1.165) is 31.6 Å². The minimum Gasteiger partial charge on any atom is -0.356 e. The average Bonchev–Trinajstić information content (AvgIpc) is 2.13. The summed E-state index contributed by atoms with van der Waals surface area (Å²) < 4.78 is 0. The molecule has 0 rings (SSSR count). The van der Waals surface area contributed by atoms with Crippen molar-refractivity contribution in [3.8, 4) is 0 Å².